The van der Waals surface area contributed by atoms with Gasteiger partial charge in [0.25, 0.3) is 5.91 Å². The van der Waals surface area contributed by atoms with Gasteiger partial charge in [0.1, 0.15) is 0 Å². The largest absolute Gasteiger partial charge is 0.405 e. The lowest BCUT2D eigenvalue weighted by atomic mass is 10.1. The number of carbonyl (C=O) groups excluding carboxylic acids is 1. The van der Waals surface area contributed by atoms with E-state index in [1.165, 1.54) is 12.3 Å². The van der Waals surface area contributed by atoms with E-state index in [0.717, 1.165) is 0 Å². The van der Waals surface area contributed by atoms with Crippen molar-refractivity contribution in [2.24, 2.45) is 5.73 Å². The van der Waals surface area contributed by atoms with Crippen LogP contribution in [0.1, 0.15) is 15.9 Å². The summed E-state index contributed by atoms with van der Waals surface area (Å²) in [7, 11) is 0. The smallest absolute Gasteiger partial charge is 0.251 e. The molecule has 0 bridgehead atoms. The number of benzene rings is 1. The molecule has 0 aliphatic carbocycles. The monoisotopic (exact) mass is 229 g/mol. The maximum Gasteiger partial charge on any atom is 0.251 e. The number of nitrogens with two attached hydrogens (primary N) is 1. The predicted octanol–water partition coefficient (Wildman–Crippen LogP) is 1.44. The SMILES string of the molecule is C=CCNC(=O)c1cccc(C(=N)/C=C\N)c1. The molecule has 0 saturated carbocycles. The molecule has 0 aliphatic rings. The minimum Gasteiger partial charge on any atom is -0.405 e. The van der Waals surface area contributed by atoms with E-state index in [4.69, 9.17) is 11.1 Å². The van der Waals surface area contributed by atoms with E-state index in [0.29, 0.717) is 17.7 Å². The van der Waals surface area contributed by atoms with Crippen LogP contribution >= 0.6 is 0 Å². The van der Waals surface area contributed by atoms with Crippen LogP contribution in [0.2, 0.25) is 0 Å². The molecule has 0 spiro atoms. The summed E-state index contributed by atoms with van der Waals surface area (Å²) in [6.45, 7) is 3.94. The highest BCUT2D eigenvalue weighted by atomic mass is 16.1. The van der Waals surface area contributed by atoms with E-state index < -0.39 is 0 Å². The van der Waals surface area contributed by atoms with Crippen LogP contribution in [0.5, 0.6) is 0 Å². The van der Waals surface area contributed by atoms with Gasteiger partial charge in [0.2, 0.25) is 0 Å². The van der Waals surface area contributed by atoms with Gasteiger partial charge in [-0.3, -0.25) is 4.79 Å². The number of rotatable bonds is 5. The Labute approximate surface area is 100 Å². The summed E-state index contributed by atoms with van der Waals surface area (Å²) < 4.78 is 0. The summed E-state index contributed by atoms with van der Waals surface area (Å²) in [5, 5.41) is 10.4. The van der Waals surface area contributed by atoms with Gasteiger partial charge < -0.3 is 16.5 Å². The number of allylic oxidation sites excluding steroid dienone is 1. The van der Waals surface area contributed by atoms with Crippen molar-refractivity contribution >= 4 is 11.6 Å². The lowest BCUT2D eigenvalue weighted by Crippen LogP contribution is -2.23. The van der Waals surface area contributed by atoms with Crippen LogP contribution in [0.25, 0.3) is 0 Å². The molecule has 0 saturated heterocycles. The van der Waals surface area contributed by atoms with E-state index in [2.05, 4.69) is 11.9 Å². The number of carbonyl (C=O) groups is 1. The van der Waals surface area contributed by atoms with E-state index in [9.17, 15) is 4.79 Å². The van der Waals surface area contributed by atoms with Gasteiger partial charge >= 0.3 is 0 Å². The molecule has 17 heavy (non-hydrogen) atoms. The Bertz CT molecular complexity index is 463. The summed E-state index contributed by atoms with van der Waals surface area (Å²) >= 11 is 0. The van der Waals surface area contributed by atoms with Crippen molar-refractivity contribution in [1.29, 1.82) is 5.41 Å². The Morgan fingerprint density at radius 3 is 2.82 bits per heavy atom. The Morgan fingerprint density at radius 1 is 1.47 bits per heavy atom. The lowest BCUT2D eigenvalue weighted by molar-refractivity contribution is 0.0958. The maximum absolute atomic E-state index is 11.7. The van der Waals surface area contributed by atoms with Crippen molar-refractivity contribution in [3.8, 4) is 0 Å². The minimum absolute atomic E-state index is 0.184. The van der Waals surface area contributed by atoms with E-state index in [1.807, 2.05) is 0 Å². The van der Waals surface area contributed by atoms with Crippen molar-refractivity contribution in [2.75, 3.05) is 6.54 Å². The Balaban J connectivity index is 2.89. The van der Waals surface area contributed by atoms with Crippen LogP contribution in [0.15, 0.2) is 49.2 Å². The molecular formula is C13H15N3O. The molecule has 4 nitrogen and oxygen atoms in total. The molecule has 0 aromatic heterocycles. The first-order chi connectivity index (χ1) is 8.19. The zero-order chi connectivity index (χ0) is 12.7. The standard InChI is InChI=1S/C13H15N3O/c1-2-8-16-13(17)11-5-3-4-10(9-11)12(15)6-7-14/h2-7,9,15H,1,8,14H2,(H,16,17)/b7-6-,15-12?. The Kier molecular flexibility index (Phi) is 4.69. The second-order valence-electron chi connectivity index (χ2n) is 3.35. The van der Waals surface area contributed by atoms with Crippen molar-refractivity contribution in [1.82, 2.24) is 5.32 Å². The lowest BCUT2D eigenvalue weighted by Gasteiger charge is -2.04. The molecule has 0 heterocycles. The van der Waals surface area contributed by atoms with Crippen LogP contribution in [0.4, 0.5) is 0 Å². The predicted molar refractivity (Wildman–Crippen MR) is 69.1 cm³/mol. The van der Waals surface area contributed by atoms with E-state index in [-0.39, 0.29) is 11.6 Å². The summed E-state index contributed by atoms with van der Waals surface area (Å²) in [5.41, 5.74) is 6.65. The molecule has 0 radical (unpaired) electrons. The highest BCUT2D eigenvalue weighted by Gasteiger charge is 2.06. The summed E-state index contributed by atoms with van der Waals surface area (Å²) in [5.74, 6) is -0.184. The molecule has 1 aromatic carbocycles. The molecule has 0 aliphatic heterocycles. The first-order valence-corrected chi connectivity index (χ1v) is 5.15. The molecule has 1 rings (SSSR count). The molecule has 0 unspecified atom stereocenters. The first kappa shape index (κ1) is 12.7. The second-order valence-corrected chi connectivity index (χ2v) is 3.35. The third-order valence-electron chi connectivity index (χ3n) is 2.11. The van der Waals surface area contributed by atoms with Gasteiger partial charge in [0, 0.05) is 17.7 Å². The van der Waals surface area contributed by atoms with E-state index in [1.54, 1.807) is 30.3 Å². The van der Waals surface area contributed by atoms with Gasteiger partial charge in [-0.2, -0.15) is 0 Å². The quantitative estimate of drug-likeness (QED) is 0.527. The van der Waals surface area contributed by atoms with Crippen LogP contribution in [0, 0.1) is 5.41 Å². The normalized spacial score (nSPS) is 10.1. The summed E-state index contributed by atoms with van der Waals surface area (Å²) in [6.07, 6.45) is 4.38. The van der Waals surface area contributed by atoms with Crippen molar-refractivity contribution < 1.29 is 4.79 Å². The molecular weight excluding hydrogens is 214 g/mol. The molecule has 0 fully saturated rings. The molecule has 1 amide bonds. The van der Waals surface area contributed by atoms with Gasteiger partial charge in [0.05, 0.1) is 5.71 Å². The molecule has 4 heteroatoms. The molecule has 4 N–H and O–H groups in total. The Hall–Kier alpha value is -2.36. The van der Waals surface area contributed by atoms with Crippen LogP contribution in [0.3, 0.4) is 0 Å². The second kappa shape index (κ2) is 6.27. The number of nitrogens with one attached hydrogen (secondary N) is 2. The highest BCUT2D eigenvalue weighted by molar-refractivity contribution is 6.08. The zero-order valence-electron chi connectivity index (χ0n) is 9.44. The fourth-order valence-corrected chi connectivity index (χ4v) is 1.29. The molecule has 0 atom stereocenters. The third-order valence-corrected chi connectivity index (χ3v) is 2.11. The summed E-state index contributed by atoms with van der Waals surface area (Å²) in [6, 6.07) is 6.84. The number of hydrogen-bond donors (Lipinski definition) is 3. The average Bonchev–Trinajstić information content (AvgIpc) is 2.36. The topological polar surface area (TPSA) is 79.0 Å². The average molecular weight is 229 g/mol. The van der Waals surface area contributed by atoms with Crippen molar-refractivity contribution in [3.05, 3.63) is 60.3 Å². The molecule has 1 aromatic rings. The third kappa shape index (κ3) is 3.61. The summed E-state index contributed by atoms with van der Waals surface area (Å²) in [4.78, 5) is 11.7. The van der Waals surface area contributed by atoms with Gasteiger partial charge in [-0.15, -0.1) is 6.58 Å². The van der Waals surface area contributed by atoms with Crippen LogP contribution in [-0.2, 0) is 0 Å². The minimum atomic E-state index is -0.184. The van der Waals surface area contributed by atoms with Crippen LogP contribution in [-0.4, -0.2) is 18.2 Å². The van der Waals surface area contributed by atoms with Crippen molar-refractivity contribution in [2.45, 2.75) is 0 Å². The van der Waals surface area contributed by atoms with Gasteiger partial charge in [-0.1, -0.05) is 18.2 Å². The van der Waals surface area contributed by atoms with Gasteiger partial charge in [0.15, 0.2) is 0 Å². The van der Waals surface area contributed by atoms with E-state index >= 15 is 0 Å². The van der Waals surface area contributed by atoms with Gasteiger partial charge in [-0.05, 0) is 24.4 Å². The van der Waals surface area contributed by atoms with Crippen LogP contribution < -0.4 is 11.1 Å². The Morgan fingerprint density at radius 2 is 2.18 bits per heavy atom. The molecule has 88 valence electrons. The number of hydrogen-bond acceptors (Lipinski definition) is 3. The zero-order valence-corrected chi connectivity index (χ0v) is 9.44. The van der Waals surface area contributed by atoms with Gasteiger partial charge in [-0.25, -0.2) is 0 Å². The first-order valence-electron chi connectivity index (χ1n) is 5.15. The van der Waals surface area contributed by atoms with Crippen molar-refractivity contribution in [3.63, 3.8) is 0 Å². The fourth-order valence-electron chi connectivity index (χ4n) is 1.29. The fraction of sp³-hybridized carbons (Fsp3) is 0.0769. The maximum atomic E-state index is 11.7. The number of amides is 1. The highest BCUT2D eigenvalue weighted by Crippen LogP contribution is 2.06.